The molecule has 0 bridgehead atoms. The van der Waals surface area contributed by atoms with Crippen LogP contribution < -0.4 is 5.32 Å². The molecule has 1 aliphatic rings. The van der Waals surface area contributed by atoms with E-state index < -0.39 is 0 Å². The van der Waals surface area contributed by atoms with Gasteiger partial charge in [-0.15, -0.1) is 0 Å². The topological polar surface area (TPSA) is 62.7 Å². The number of H-pyrrole nitrogens is 1. The molecule has 4 rings (SSSR count). The number of aromatic nitrogens is 3. The van der Waals surface area contributed by atoms with E-state index in [1.54, 1.807) is 13.1 Å². The highest BCUT2D eigenvalue weighted by atomic mass is 19.1. The first-order chi connectivity index (χ1) is 12.2. The Bertz CT molecular complexity index is 905. The summed E-state index contributed by atoms with van der Waals surface area (Å²) < 4.78 is 15.4. The van der Waals surface area contributed by atoms with Gasteiger partial charge in [-0.3, -0.25) is 9.48 Å². The fraction of sp³-hybridized carbons (Fsp3) is 0.368. The van der Waals surface area contributed by atoms with E-state index in [1.165, 1.54) is 12.1 Å². The first-order valence-electron chi connectivity index (χ1n) is 8.68. The minimum Gasteiger partial charge on any atom is -0.360 e. The first-order valence-corrected chi connectivity index (χ1v) is 8.68. The summed E-state index contributed by atoms with van der Waals surface area (Å²) in [5, 5.41) is 8.27. The van der Waals surface area contributed by atoms with Crippen LogP contribution in [0.1, 0.15) is 31.7 Å². The molecule has 0 radical (unpaired) electrons. The minimum absolute atomic E-state index is 0.125. The maximum atomic E-state index is 13.3. The van der Waals surface area contributed by atoms with Crippen molar-refractivity contribution in [1.82, 2.24) is 20.1 Å². The average Bonchev–Trinajstić information content (AvgIpc) is 3.27. The molecule has 0 spiro atoms. The standard InChI is InChI=1S/C19H21FN4O/c1-21-19(25)12-2-5-15(6-3-12)24-11-13(9-23-24)17-10-22-18-8-14(20)4-7-16(17)18/h4,7-12,15,22H,2-3,5-6H2,1H3,(H,21,25). The Morgan fingerprint density at radius 3 is 2.88 bits per heavy atom. The summed E-state index contributed by atoms with van der Waals surface area (Å²) in [6.07, 6.45) is 9.51. The van der Waals surface area contributed by atoms with Crippen LogP contribution in [0.4, 0.5) is 4.39 Å². The second-order valence-electron chi connectivity index (χ2n) is 6.72. The summed E-state index contributed by atoms with van der Waals surface area (Å²) in [4.78, 5) is 14.9. The monoisotopic (exact) mass is 340 g/mol. The number of aromatic amines is 1. The molecule has 1 aromatic carbocycles. The minimum atomic E-state index is -0.246. The van der Waals surface area contributed by atoms with Gasteiger partial charge < -0.3 is 10.3 Å². The van der Waals surface area contributed by atoms with Crippen molar-refractivity contribution in [2.75, 3.05) is 7.05 Å². The number of rotatable bonds is 3. The van der Waals surface area contributed by atoms with E-state index in [4.69, 9.17) is 0 Å². The highest BCUT2D eigenvalue weighted by molar-refractivity contribution is 5.95. The van der Waals surface area contributed by atoms with E-state index >= 15 is 0 Å². The van der Waals surface area contributed by atoms with E-state index in [1.807, 2.05) is 17.1 Å². The lowest BCUT2D eigenvalue weighted by Crippen LogP contribution is -2.31. The summed E-state index contributed by atoms with van der Waals surface area (Å²) in [7, 11) is 1.70. The molecule has 1 saturated carbocycles. The molecule has 2 heterocycles. The van der Waals surface area contributed by atoms with Crippen molar-refractivity contribution in [2.45, 2.75) is 31.7 Å². The molecule has 6 heteroatoms. The Morgan fingerprint density at radius 2 is 2.12 bits per heavy atom. The Labute approximate surface area is 145 Å². The van der Waals surface area contributed by atoms with Crippen molar-refractivity contribution in [2.24, 2.45) is 5.92 Å². The fourth-order valence-electron chi connectivity index (χ4n) is 3.82. The van der Waals surface area contributed by atoms with Gasteiger partial charge in [0.2, 0.25) is 5.91 Å². The summed E-state index contributed by atoms with van der Waals surface area (Å²) >= 11 is 0. The molecule has 2 aromatic heterocycles. The van der Waals surface area contributed by atoms with Gasteiger partial charge >= 0.3 is 0 Å². The van der Waals surface area contributed by atoms with Gasteiger partial charge in [-0.05, 0) is 43.9 Å². The Morgan fingerprint density at radius 1 is 1.32 bits per heavy atom. The number of nitrogens with one attached hydrogen (secondary N) is 2. The van der Waals surface area contributed by atoms with Crippen molar-refractivity contribution >= 4 is 16.8 Å². The Balaban J connectivity index is 1.53. The first kappa shape index (κ1) is 15.9. The van der Waals surface area contributed by atoms with Crippen LogP contribution in [0.25, 0.3) is 22.0 Å². The van der Waals surface area contributed by atoms with Crippen molar-refractivity contribution in [3.8, 4) is 11.1 Å². The summed E-state index contributed by atoms with van der Waals surface area (Å²) in [5.74, 6) is 0.0231. The summed E-state index contributed by atoms with van der Waals surface area (Å²) in [5.41, 5.74) is 2.83. The number of halogens is 1. The normalized spacial score (nSPS) is 20.7. The van der Waals surface area contributed by atoms with Crippen LogP contribution in [0.15, 0.2) is 36.8 Å². The number of carbonyl (C=O) groups is 1. The lowest BCUT2D eigenvalue weighted by molar-refractivity contribution is -0.125. The number of hydrogen-bond donors (Lipinski definition) is 2. The van der Waals surface area contributed by atoms with Crippen LogP contribution in [0, 0.1) is 11.7 Å². The predicted octanol–water partition coefficient (Wildman–Crippen LogP) is 3.65. The third-order valence-corrected chi connectivity index (χ3v) is 5.24. The smallest absolute Gasteiger partial charge is 0.222 e. The number of nitrogens with zero attached hydrogens (tertiary/aromatic N) is 2. The average molecular weight is 340 g/mol. The van der Waals surface area contributed by atoms with Crippen molar-refractivity contribution < 1.29 is 9.18 Å². The fourth-order valence-corrected chi connectivity index (χ4v) is 3.82. The van der Waals surface area contributed by atoms with E-state index in [2.05, 4.69) is 21.6 Å². The molecule has 5 nitrogen and oxygen atoms in total. The number of fused-ring (bicyclic) bond motifs is 1. The molecule has 0 unspecified atom stereocenters. The molecule has 25 heavy (non-hydrogen) atoms. The van der Waals surface area contributed by atoms with Gasteiger partial charge in [0.1, 0.15) is 5.82 Å². The van der Waals surface area contributed by atoms with Gasteiger partial charge in [-0.2, -0.15) is 5.10 Å². The second-order valence-corrected chi connectivity index (χ2v) is 6.72. The molecule has 0 aliphatic heterocycles. The van der Waals surface area contributed by atoms with Crippen molar-refractivity contribution in [3.63, 3.8) is 0 Å². The lowest BCUT2D eigenvalue weighted by Gasteiger charge is -2.27. The number of amides is 1. The quantitative estimate of drug-likeness (QED) is 0.764. The third kappa shape index (κ3) is 2.92. The van der Waals surface area contributed by atoms with E-state index in [-0.39, 0.29) is 17.6 Å². The lowest BCUT2D eigenvalue weighted by atomic mass is 9.85. The number of benzene rings is 1. The van der Waals surface area contributed by atoms with Crippen LogP contribution >= 0.6 is 0 Å². The van der Waals surface area contributed by atoms with Gasteiger partial charge in [0, 0.05) is 47.4 Å². The Kier molecular flexibility index (Phi) is 4.03. The highest BCUT2D eigenvalue weighted by Crippen LogP contribution is 2.34. The number of hydrogen-bond acceptors (Lipinski definition) is 2. The molecular weight excluding hydrogens is 319 g/mol. The van der Waals surface area contributed by atoms with Gasteiger partial charge in [0.15, 0.2) is 0 Å². The van der Waals surface area contributed by atoms with Crippen LogP contribution in [0.2, 0.25) is 0 Å². The predicted molar refractivity (Wildman–Crippen MR) is 94.5 cm³/mol. The van der Waals surface area contributed by atoms with Gasteiger partial charge in [0.05, 0.1) is 12.2 Å². The SMILES string of the molecule is CNC(=O)C1CCC(n2cc(-c3c[nH]c4cc(F)ccc34)cn2)CC1. The summed E-state index contributed by atoms with van der Waals surface area (Å²) in [6, 6.07) is 5.10. The van der Waals surface area contributed by atoms with Crippen molar-refractivity contribution in [1.29, 1.82) is 0 Å². The maximum absolute atomic E-state index is 13.3. The molecule has 0 saturated heterocycles. The zero-order valence-electron chi connectivity index (χ0n) is 14.1. The number of carbonyl (C=O) groups excluding carboxylic acids is 1. The van der Waals surface area contributed by atoms with Crippen LogP contribution in [-0.4, -0.2) is 27.7 Å². The van der Waals surface area contributed by atoms with Gasteiger partial charge in [-0.1, -0.05) is 0 Å². The zero-order valence-corrected chi connectivity index (χ0v) is 14.1. The molecule has 130 valence electrons. The van der Waals surface area contributed by atoms with Crippen molar-refractivity contribution in [3.05, 3.63) is 42.6 Å². The van der Waals surface area contributed by atoms with Gasteiger partial charge in [-0.25, -0.2) is 4.39 Å². The van der Waals surface area contributed by atoms with E-state index in [0.717, 1.165) is 47.7 Å². The molecule has 1 amide bonds. The zero-order chi connectivity index (χ0) is 17.4. The molecule has 2 N–H and O–H groups in total. The molecular formula is C19H21FN4O. The molecule has 3 aromatic rings. The van der Waals surface area contributed by atoms with Crippen LogP contribution in [-0.2, 0) is 4.79 Å². The largest absolute Gasteiger partial charge is 0.360 e. The second kappa shape index (κ2) is 6.35. The van der Waals surface area contributed by atoms with Crippen LogP contribution in [0.3, 0.4) is 0 Å². The Hall–Kier alpha value is -2.63. The molecule has 1 aliphatic carbocycles. The summed E-state index contributed by atoms with van der Waals surface area (Å²) in [6.45, 7) is 0. The van der Waals surface area contributed by atoms with E-state index in [9.17, 15) is 9.18 Å². The van der Waals surface area contributed by atoms with Gasteiger partial charge in [0.25, 0.3) is 0 Å². The highest BCUT2D eigenvalue weighted by Gasteiger charge is 2.27. The van der Waals surface area contributed by atoms with Crippen LogP contribution in [0.5, 0.6) is 0 Å². The third-order valence-electron chi connectivity index (χ3n) is 5.24. The molecule has 1 fully saturated rings. The molecule has 0 atom stereocenters. The van der Waals surface area contributed by atoms with E-state index in [0.29, 0.717) is 6.04 Å². The maximum Gasteiger partial charge on any atom is 0.222 e.